The fourth-order valence-corrected chi connectivity index (χ4v) is 1.68. The Kier molecular flexibility index (Phi) is 4.72. The molecule has 18 heavy (non-hydrogen) atoms. The quantitative estimate of drug-likeness (QED) is 0.591. The molecule has 3 heteroatoms. The molecule has 0 aromatic heterocycles. The molecule has 0 amide bonds. The van der Waals surface area contributed by atoms with Crippen molar-refractivity contribution in [2.75, 3.05) is 14.2 Å². The van der Waals surface area contributed by atoms with Crippen LogP contribution in [0.2, 0.25) is 0 Å². The molecule has 1 rings (SSSR count). The van der Waals surface area contributed by atoms with Crippen LogP contribution in [0.15, 0.2) is 36.4 Å². The monoisotopic (exact) mass is 246 g/mol. The van der Waals surface area contributed by atoms with Crippen LogP contribution in [0.3, 0.4) is 0 Å². The second-order valence-electron chi connectivity index (χ2n) is 3.95. The lowest BCUT2D eigenvalue weighted by Gasteiger charge is -2.13. The Morgan fingerprint density at radius 3 is 2.06 bits per heavy atom. The van der Waals surface area contributed by atoms with Crippen LogP contribution in [0.25, 0.3) is 5.57 Å². The van der Waals surface area contributed by atoms with Gasteiger partial charge in [0.15, 0.2) is 5.78 Å². The van der Waals surface area contributed by atoms with Gasteiger partial charge in [0.25, 0.3) is 0 Å². The molecule has 0 radical (unpaired) electrons. The smallest absolute Gasteiger partial charge is 0.159 e. The molecule has 3 nitrogen and oxygen atoms in total. The van der Waals surface area contributed by atoms with Crippen molar-refractivity contribution in [1.29, 1.82) is 0 Å². The lowest BCUT2D eigenvalue weighted by atomic mass is 10.0. The van der Waals surface area contributed by atoms with Gasteiger partial charge in [-0.25, -0.2) is 0 Å². The lowest BCUT2D eigenvalue weighted by molar-refractivity contribution is -0.113. The first-order valence-electron chi connectivity index (χ1n) is 5.60. The third kappa shape index (κ3) is 3.00. The topological polar surface area (TPSA) is 35.5 Å². The minimum Gasteiger partial charge on any atom is -0.496 e. The maximum atomic E-state index is 11.2. The number of allylic oxidation sites excluding steroid dienone is 3. The van der Waals surface area contributed by atoms with Gasteiger partial charge < -0.3 is 9.47 Å². The van der Waals surface area contributed by atoms with Crippen molar-refractivity contribution in [1.82, 2.24) is 0 Å². The molecular weight excluding hydrogens is 228 g/mol. The van der Waals surface area contributed by atoms with Gasteiger partial charge in [0.2, 0.25) is 0 Å². The summed E-state index contributed by atoms with van der Waals surface area (Å²) >= 11 is 0. The number of carbonyl (C=O) groups is 1. The van der Waals surface area contributed by atoms with E-state index in [9.17, 15) is 4.79 Å². The summed E-state index contributed by atoms with van der Waals surface area (Å²) < 4.78 is 10.6. The number of carbonyl (C=O) groups excluding carboxylic acids is 1. The van der Waals surface area contributed by atoms with E-state index in [2.05, 4.69) is 6.58 Å². The molecule has 0 N–H and O–H groups in total. The summed E-state index contributed by atoms with van der Waals surface area (Å²) in [4.78, 5) is 11.2. The highest BCUT2D eigenvalue weighted by Crippen LogP contribution is 2.34. The van der Waals surface area contributed by atoms with Gasteiger partial charge in [-0.2, -0.15) is 0 Å². The van der Waals surface area contributed by atoms with Gasteiger partial charge in [0.1, 0.15) is 11.5 Å². The van der Waals surface area contributed by atoms with E-state index in [4.69, 9.17) is 9.47 Å². The maximum absolute atomic E-state index is 11.2. The second-order valence-corrected chi connectivity index (χ2v) is 3.95. The molecule has 0 aliphatic carbocycles. The molecule has 0 atom stereocenters. The molecule has 0 unspecified atom stereocenters. The number of methoxy groups -OCH3 is 2. The Morgan fingerprint density at radius 1 is 1.17 bits per heavy atom. The van der Waals surface area contributed by atoms with Crippen LogP contribution in [-0.2, 0) is 4.79 Å². The summed E-state index contributed by atoms with van der Waals surface area (Å²) in [5.41, 5.74) is 2.18. The molecule has 1 aromatic carbocycles. The number of ketones is 1. The SMILES string of the molecule is C=C(/C=C(\C)c1c(OC)cccc1OC)C(C)=O. The first kappa shape index (κ1) is 14.0. The number of hydrogen-bond acceptors (Lipinski definition) is 3. The van der Waals surface area contributed by atoms with Gasteiger partial charge in [0.05, 0.1) is 19.8 Å². The number of Topliss-reactive ketones (excluding diaryl/α,β-unsaturated/α-hetero) is 1. The Morgan fingerprint density at radius 2 is 1.67 bits per heavy atom. The van der Waals surface area contributed by atoms with Gasteiger partial charge in [-0.05, 0) is 37.6 Å². The number of hydrogen-bond donors (Lipinski definition) is 0. The van der Waals surface area contributed by atoms with Crippen LogP contribution >= 0.6 is 0 Å². The Bertz CT molecular complexity index is 476. The summed E-state index contributed by atoms with van der Waals surface area (Å²) in [5.74, 6) is 1.36. The third-order valence-corrected chi connectivity index (χ3v) is 2.67. The summed E-state index contributed by atoms with van der Waals surface area (Å²) in [6.45, 7) is 7.11. The molecule has 0 saturated heterocycles. The Hall–Kier alpha value is -2.03. The average molecular weight is 246 g/mol. The normalized spacial score (nSPS) is 11.0. The van der Waals surface area contributed by atoms with Crippen LogP contribution in [0.5, 0.6) is 11.5 Å². The van der Waals surface area contributed by atoms with Gasteiger partial charge >= 0.3 is 0 Å². The lowest BCUT2D eigenvalue weighted by Crippen LogP contribution is -1.97. The van der Waals surface area contributed by atoms with Gasteiger partial charge in [-0.15, -0.1) is 0 Å². The van der Waals surface area contributed by atoms with Gasteiger partial charge in [-0.1, -0.05) is 12.6 Å². The van der Waals surface area contributed by atoms with E-state index in [0.29, 0.717) is 17.1 Å². The largest absolute Gasteiger partial charge is 0.496 e. The summed E-state index contributed by atoms with van der Waals surface area (Å²) in [7, 11) is 3.21. The van der Waals surface area contributed by atoms with E-state index in [1.165, 1.54) is 6.92 Å². The second kappa shape index (κ2) is 6.05. The fourth-order valence-electron chi connectivity index (χ4n) is 1.68. The predicted octanol–water partition coefficient (Wildman–Crippen LogP) is 3.25. The maximum Gasteiger partial charge on any atom is 0.159 e. The van der Waals surface area contributed by atoms with Crippen LogP contribution in [-0.4, -0.2) is 20.0 Å². The fraction of sp³-hybridized carbons (Fsp3) is 0.267. The average Bonchev–Trinajstić information content (AvgIpc) is 2.37. The first-order valence-corrected chi connectivity index (χ1v) is 5.60. The highest BCUT2D eigenvalue weighted by molar-refractivity contribution is 5.97. The molecule has 1 aromatic rings. The van der Waals surface area contributed by atoms with Crippen LogP contribution in [0.1, 0.15) is 19.4 Å². The molecule has 96 valence electrons. The zero-order valence-electron chi connectivity index (χ0n) is 11.2. The molecule has 0 aliphatic heterocycles. The number of benzene rings is 1. The summed E-state index contributed by atoms with van der Waals surface area (Å²) in [6, 6.07) is 5.56. The minimum absolute atomic E-state index is 0.0526. The molecule has 0 aliphatic rings. The van der Waals surface area contributed by atoms with E-state index in [-0.39, 0.29) is 5.78 Å². The number of rotatable bonds is 5. The van der Waals surface area contributed by atoms with Crippen LogP contribution in [0.4, 0.5) is 0 Å². The zero-order valence-corrected chi connectivity index (χ0v) is 11.2. The van der Waals surface area contributed by atoms with E-state index in [1.54, 1.807) is 20.3 Å². The first-order chi connectivity index (χ1) is 8.51. The molecule has 0 spiro atoms. The van der Waals surface area contributed by atoms with Crippen molar-refractivity contribution >= 4 is 11.4 Å². The molecule has 0 bridgehead atoms. The van der Waals surface area contributed by atoms with E-state index in [1.807, 2.05) is 25.1 Å². The van der Waals surface area contributed by atoms with Crippen molar-refractivity contribution in [3.05, 3.63) is 42.0 Å². The Balaban J connectivity index is 3.30. The minimum atomic E-state index is -0.0526. The van der Waals surface area contributed by atoms with Gasteiger partial charge in [-0.3, -0.25) is 4.79 Å². The number of ether oxygens (including phenoxy) is 2. The Labute approximate surface area is 108 Å². The molecule has 0 saturated carbocycles. The molecular formula is C15H18O3. The van der Waals surface area contributed by atoms with Gasteiger partial charge in [0, 0.05) is 5.57 Å². The predicted molar refractivity (Wildman–Crippen MR) is 73.0 cm³/mol. The highest BCUT2D eigenvalue weighted by Gasteiger charge is 2.12. The van der Waals surface area contributed by atoms with Crippen molar-refractivity contribution in [3.8, 4) is 11.5 Å². The molecule has 0 fully saturated rings. The van der Waals surface area contributed by atoms with Crippen molar-refractivity contribution in [2.24, 2.45) is 0 Å². The van der Waals surface area contributed by atoms with Crippen LogP contribution in [0, 0.1) is 0 Å². The summed E-state index contributed by atoms with van der Waals surface area (Å²) in [5, 5.41) is 0. The zero-order chi connectivity index (χ0) is 13.7. The van der Waals surface area contributed by atoms with E-state index >= 15 is 0 Å². The third-order valence-electron chi connectivity index (χ3n) is 2.67. The molecule has 0 heterocycles. The standard InChI is InChI=1S/C15H18O3/c1-10(12(3)16)9-11(2)15-13(17-4)7-6-8-14(15)18-5/h6-9H,1H2,2-5H3/b11-9+. The van der Waals surface area contributed by atoms with Crippen molar-refractivity contribution in [3.63, 3.8) is 0 Å². The van der Waals surface area contributed by atoms with Crippen molar-refractivity contribution < 1.29 is 14.3 Å². The van der Waals surface area contributed by atoms with E-state index in [0.717, 1.165) is 11.1 Å². The van der Waals surface area contributed by atoms with Crippen molar-refractivity contribution in [2.45, 2.75) is 13.8 Å². The summed E-state index contributed by atoms with van der Waals surface area (Å²) in [6.07, 6.45) is 1.74. The van der Waals surface area contributed by atoms with Crippen LogP contribution < -0.4 is 9.47 Å². The van der Waals surface area contributed by atoms with E-state index < -0.39 is 0 Å². The highest BCUT2D eigenvalue weighted by atomic mass is 16.5.